The topological polar surface area (TPSA) is 55.4 Å². The summed E-state index contributed by atoms with van der Waals surface area (Å²) in [5.74, 6) is 0.113. The Hall–Kier alpha value is -1.49. The van der Waals surface area contributed by atoms with Gasteiger partial charge >= 0.3 is 5.97 Å². The van der Waals surface area contributed by atoms with Crippen molar-refractivity contribution < 1.29 is 14.3 Å². The highest BCUT2D eigenvalue weighted by Crippen LogP contribution is 2.21. The van der Waals surface area contributed by atoms with E-state index < -0.39 is 12.0 Å². The van der Waals surface area contributed by atoms with Crippen LogP contribution in [0.1, 0.15) is 24.5 Å². The van der Waals surface area contributed by atoms with Gasteiger partial charge in [-0.05, 0) is 44.0 Å². The molecule has 0 aliphatic carbocycles. The van der Waals surface area contributed by atoms with Crippen molar-refractivity contribution in [2.45, 2.75) is 38.1 Å². The summed E-state index contributed by atoms with van der Waals surface area (Å²) in [4.78, 5) is 24.0. The van der Waals surface area contributed by atoms with Crippen LogP contribution in [0.5, 0.6) is 0 Å². The van der Waals surface area contributed by atoms with E-state index in [1.54, 1.807) is 18.7 Å². The molecule has 0 bridgehead atoms. The smallest absolute Gasteiger partial charge is 0.328 e. The quantitative estimate of drug-likeness (QED) is 0.647. The van der Waals surface area contributed by atoms with Gasteiger partial charge in [-0.1, -0.05) is 6.07 Å². The molecule has 0 fully saturated rings. The molecule has 1 unspecified atom stereocenters. The Morgan fingerprint density at radius 2 is 2.00 bits per heavy atom. The lowest BCUT2D eigenvalue weighted by Gasteiger charge is -2.11. The molecule has 0 aliphatic heterocycles. The first kappa shape index (κ1) is 16.6. The van der Waals surface area contributed by atoms with Gasteiger partial charge in [-0.15, -0.1) is 11.8 Å². The summed E-state index contributed by atoms with van der Waals surface area (Å²) in [7, 11) is 1.31. The molecule has 4 nitrogen and oxygen atoms in total. The van der Waals surface area contributed by atoms with Crippen LogP contribution in [-0.2, 0) is 14.3 Å². The van der Waals surface area contributed by atoms with Crippen molar-refractivity contribution in [1.82, 2.24) is 5.32 Å². The number of carbonyl (C=O) groups excluding carboxylic acids is 2. The zero-order valence-electron chi connectivity index (χ0n) is 12.4. The maximum absolute atomic E-state index is 11.7. The minimum atomic E-state index is -0.598. The van der Waals surface area contributed by atoms with E-state index in [1.165, 1.54) is 18.2 Å². The van der Waals surface area contributed by atoms with E-state index in [9.17, 15) is 9.59 Å². The van der Waals surface area contributed by atoms with Crippen LogP contribution < -0.4 is 5.32 Å². The Morgan fingerprint density at radius 1 is 1.30 bits per heavy atom. The minimum Gasteiger partial charge on any atom is -0.467 e. The predicted octanol–water partition coefficient (Wildman–Crippen LogP) is 2.46. The highest BCUT2D eigenvalue weighted by Gasteiger charge is 2.15. The molecule has 0 aromatic heterocycles. The molecule has 0 saturated carbocycles. The molecular formula is C15H21NO3S. The number of amides is 1. The van der Waals surface area contributed by atoms with Gasteiger partial charge in [-0.3, -0.25) is 4.79 Å². The number of hydrogen-bond acceptors (Lipinski definition) is 4. The number of aryl methyl sites for hydroxylation is 2. The lowest BCUT2D eigenvalue weighted by molar-refractivity contribution is -0.144. The van der Waals surface area contributed by atoms with E-state index in [4.69, 9.17) is 0 Å². The zero-order chi connectivity index (χ0) is 15.1. The van der Waals surface area contributed by atoms with Crippen LogP contribution in [0.2, 0.25) is 0 Å². The second-order valence-electron chi connectivity index (χ2n) is 4.66. The summed E-state index contributed by atoms with van der Waals surface area (Å²) in [5, 5.41) is 2.61. The van der Waals surface area contributed by atoms with E-state index in [0.29, 0.717) is 12.2 Å². The number of carbonyl (C=O) groups is 2. The fraction of sp³-hybridized carbons (Fsp3) is 0.467. The van der Waals surface area contributed by atoms with Gasteiger partial charge in [0.05, 0.1) is 7.11 Å². The molecule has 1 aromatic rings. The van der Waals surface area contributed by atoms with Crippen LogP contribution in [0.15, 0.2) is 23.1 Å². The van der Waals surface area contributed by atoms with E-state index in [2.05, 4.69) is 42.1 Å². The van der Waals surface area contributed by atoms with Gasteiger partial charge in [-0.2, -0.15) is 0 Å². The number of esters is 1. The van der Waals surface area contributed by atoms with Crippen molar-refractivity contribution in [2.75, 3.05) is 12.9 Å². The number of rotatable bonds is 6. The molecular weight excluding hydrogens is 274 g/mol. The normalized spacial score (nSPS) is 11.8. The second-order valence-corrected chi connectivity index (χ2v) is 5.83. The van der Waals surface area contributed by atoms with Crippen molar-refractivity contribution in [3.05, 3.63) is 29.3 Å². The third kappa shape index (κ3) is 5.25. The molecule has 0 aliphatic rings. The summed E-state index contributed by atoms with van der Waals surface area (Å²) in [5.41, 5.74) is 2.51. The van der Waals surface area contributed by atoms with Crippen LogP contribution in [0.3, 0.4) is 0 Å². The average Bonchev–Trinajstić information content (AvgIpc) is 2.41. The largest absolute Gasteiger partial charge is 0.467 e. The van der Waals surface area contributed by atoms with Crippen LogP contribution >= 0.6 is 11.8 Å². The minimum absolute atomic E-state index is 0.140. The summed E-state index contributed by atoms with van der Waals surface area (Å²) < 4.78 is 4.55. The third-order valence-electron chi connectivity index (χ3n) is 3.01. The Labute approximate surface area is 124 Å². The molecule has 5 heteroatoms. The number of hydrogen-bond donors (Lipinski definition) is 1. The van der Waals surface area contributed by atoms with Crippen LogP contribution in [0.4, 0.5) is 0 Å². The van der Waals surface area contributed by atoms with E-state index in [0.717, 1.165) is 4.90 Å². The van der Waals surface area contributed by atoms with Gasteiger partial charge in [-0.25, -0.2) is 4.79 Å². The average molecular weight is 295 g/mol. The number of thioether (sulfide) groups is 1. The molecule has 20 heavy (non-hydrogen) atoms. The van der Waals surface area contributed by atoms with Gasteiger partial charge in [0.1, 0.15) is 6.04 Å². The van der Waals surface area contributed by atoms with Crippen LogP contribution in [0, 0.1) is 13.8 Å². The fourth-order valence-electron chi connectivity index (χ4n) is 1.61. The molecule has 110 valence electrons. The van der Waals surface area contributed by atoms with Crippen molar-refractivity contribution >= 4 is 23.6 Å². The molecule has 1 amide bonds. The Kier molecular flexibility index (Phi) is 6.58. The highest BCUT2D eigenvalue weighted by atomic mass is 32.2. The molecule has 1 rings (SSSR count). The zero-order valence-corrected chi connectivity index (χ0v) is 13.2. The van der Waals surface area contributed by atoms with E-state index in [1.807, 2.05) is 0 Å². The number of benzene rings is 1. The van der Waals surface area contributed by atoms with Gasteiger partial charge in [0.25, 0.3) is 0 Å². The van der Waals surface area contributed by atoms with Gasteiger partial charge < -0.3 is 10.1 Å². The molecule has 1 atom stereocenters. The molecule has 1 N–H and O–H groups in total. The second kappa shape index (κ2) is 7.94. The lowest BCUT2D eigenvalue weighted by atomic mass is 10.1. The standard InChI is InChI=1S/C15H21NO3S/c1-10-5-6-13(9-11(10)2)20-8-7-14(17)16-12(3)15(18)19-4/h5-6,9,12H,7-8H2,1-4H3,(H,16,17). The summed E-state index contributed by atoms with van der Waals surface area (Å²) >= 11 is 1.64. The van der Waals surface area contributed by atoms with Gasteiger partial charge in [0.15, 0.2) is 0 Å². The third-order valence-corrected chi connectivity index (χ3v) is 4.00. The van der Waals surface area contributed by atoms with Gasteiger partial charge in [0, 0.05) is 17.1 Å². The number of nitrogens with one attached hydrogen (secondary N) is 1. The first-order valence-corrected chi connectivity index (χ1v) is 7.50. The fourth-order valence-corrected chi connectivity index (χ4v) is 2.56. The Balaban J connectivity index is 2.35. The monoisotopic (exact) mass is 295 g/mol. The Morgan fingerprint density at radius 3 is 2.60 bits per heavy atom. The number of methoxy groups -OCH3 is 1. The molecule has 1 aromatic carbocycles. The Bertz CT molecular complexity index is 488. The van der Waals surface area contributed by atoms with Crippen molar-refractivity contribution in [3.63, 3.8) is 0 Å². The SMILES string of the molecule is COC(=O)C(C)NC(=O)CCSc1ccc(C)c(C)c1. The summed E-state index contributed by atoms with van der Waals surface area (Å²) in [6.45, 7) is 5.76. The highest BCUT2D eigenvalue weighted by molar-refractivity contribution is 7.99. The number of ether oxygens (including phenoxy) is 1. The predicted molar refractivity (Wildman–Crippen MR) is 80.9 cm³/mol. The summed E-state index contributed by atoms with van der Waals surface area (Å²) in [6.07, 6.45) is 0.374. The maximum Gasteiger partial charge on any atom is 0.328 e. The van der Waals surface area contributed by atoms with Gasteiger partial charge in [0.2, 0.25) is 5.91 Å². The van der Waals surface area contributed by atoms with E-state index in [-0.39, 0.29) is 5.91 Å². The summed E-state index contributed by atoms with van der Waals surface area (Å²) in [6, 6.07) is 5.66. The van der Waals surface area contributed by atoms with Crippen LogP contribution in [-0.4, -0.2) is 30.8 Å². The van der Waals surface area contributed by atoms with Crippen molar-refractivity contribution in [2.24, 2.45) is 0 Å². The molecule has 0 radical (unpaired) electrons. The van der Waals surface area contributed by atoms with Crippen molar-refractivity contribution in [3.8, 4) is 0 Å². The van der Waals surface area contributed by atoms with Crippen LogP contribution in [0.25, 0.3) is 0 Å². The molecule has 0 heterocycles. The molecule has 0 saturated heterocycles. The lowest BCUT2D eigenvalue weighted by Crippen LogP contribution is -2.39. The first-order valence-electron chi connectivity index (χ1n) is 6.51. The molecule has 0 spiro atoms. The first-order chi connectivity index (χ1) is 9.43. The maximum atomic E-state index is 11.7. The van der Waals surface area contributed by atoms with E-state index >= 15 is 0 Å². The van der Waals surface area contributed by atoms with Crippen molar-refractivity contribution in [1.29, 1.82) is 0 Å².